The van der Waals surface area contributed by atoms with Gasteiger partial charge in [-0.1, -0.05) is 51.3 Å². The van der Waals surface area contributed by atoms with Crippen molar-refractivity contribution in [2.45, 2.75) is 13.0 Å². The Balaban J connectivity index is 2.49. The van der Waals surface area contributed by atoms with E-state index in [1.165, 1.54) is 11.1 Å². The van der Waals surface area contributed by atoms with E-state index < -0.39 is 0 Å². The third-order valence-corrected chi connectivity index (χ3v) is 3.98. The van der Waals surface area contributed by atoms with Gasteiger partial charge in [0.25, 0.3) is 0 Å². The zero-order valence-electron chi connectivity index (χ0n) is 10.7. The van der Waals surface area contributed by atoms with Crippen LogP contribution in [0.25, 0.3) is 0 Å². The van der Waals surface area contributed by atoms with E-state index in [0.717, 1.165) is 10.0 Å². The highest BCUT2D eigenvalue weighted by Crippen LogP contribution is 2.31. The maximum Gasteiger partial charge on any atom is 0.0589 e. The van der Waals surface area contributed by atoms with Gasteiger partial charge >= 0.3 is 0 Å². The predicted molar refractivity (Wildman–Crippen MR) is 86.2 cm³/mol. The molecule has 1 unspecified atom stereocenters. The molecule has 0 spiro atoms. The van der Waals surface area contributed by atoms with Gasteiger partial charge in [-0.05, 0) is 54.9 Å². The molecule has 4 heteroatoms. The van der Waals surface area contributed by atoms with Gasteiger partial charge in [-0.15, -0.1) is 0 Å². The van der Waals surface area contributed by atoms with Crippen molar-refractivity contribution in [1.82, 2.24) is 5.32 Å². The molecule has 0 aliphatic heterocycles. The average molecular weight is 359 g/mol. The van der Waals surface area contributed by atoms with Crippen LogP contribution >= 0.6 is 39.1 Å². The Bertz CT molecular complexity index is 578. The minimum Gasteiger partial charge on any atom is -0.309 e. The van der Waals surface area contributed by atoms with Gasteiger partial charge in [0, 0.05) is 14.5 Å². The van der Waals surface area contributed by atoms with Gasteiger partial charge in [0.2, 0.25) is 0 Å². The third kappa shape index (κ3) is 3.51. The fraction of sp³-hybridized carbons (Fsp3) is 0.200. The van der Waals surface area contributed by atoms with E-state index in [1.54, 1.807) is 6.07 Å². The van der Waals surface area contributed by atoms with E-state index in [1.807, 2.05) is 19.2 Å². The van der Waals surface area contributed by atoms with Gasteiger partial charge in [-0.2, -0.15) is 0 Å². The Hall–Kier alpha value is -0.540. The Labute approximate surface area is 132 Å². The van der Waals surface area contributed by atoms with Crippen molar-refractivity contribution in [3.63, 3.8) is 0 Å². The van der Waals surface area contributed by atoms with Crippen LogP contribution < -0.4 is 5.32 Å². The molecule has 1 nitrogen and oxygen atoms in total. The summed E-state index contributed by atoms with van der Waals surface area (Å²) in [5, 5.41) is 4.62. The predicted octanol–water partition coefficient (Wildman–Crippen LogP) is 5.37. The van der Waals surface area contributed by atoms with Gasteiger partial charge in [0.05, 0.1) is 6.04 Å². The SMILES string of the molecule is CNC(c1cc(C)cc(Br)c1)c1ccc(Cl)cc1Cl. The first-order valence-corrected chi connectivity index (χ1v) is 7.45. The van der Waals surface area contributed by atoms with Gasteiger partial charge in [-0.25, -0.2) is 0 Å². The number of hydrogen-bond donors (Lipinski definition) is 1. The number of benzene rings is 2. The van der Waals surface area contributed by atoms with E-state index >= 15 is 0 Å². The average Bonchev–Trinajstić information content (AvgIpc) is 2.31. The van der Waals surface area contributed by atoms with E-state index in [2.05, 4.69) is 46.4 Å². The van der Waals surface area contributed by atoms with Gasteiger partial charge in [-0.3, -0.25) is 0 Å². The summed E-state index contributed by atoms with van der Waals surface area (Å²) in [6.45, 7) is 2.07. The molecule has 0 fully saturated rings. The molecule has 0 saturated heterocycles. The van der Waals surface area contributed by atoms with E-state index in [0.29, 0.717) is 10.0 Å². The van der Waals surface area contributed by atoms with Gasteiger partial charge in [0.1, 0.15) is 0 Å². The summed E-state index contributed by atoms with van der Waals surface area (Å²) in [5.41, 5.74) is 3.39. The number of halogens is 3. The minimum absolute atomic E-state index is 0.0426. The quantitative estimate of drug-likeness (QED) is 0.777. The van der Waals surface area contributed by atoms with Crippen LogP contribution in [0.4, 0.5) is 0 Å². The fourth-order valence-corrected chi connectivity index (χ4v) is 3.31. The fourth-order valence-electron chi connectivity index (χ4n) is 2.17. The van der Waals surface area contributed by atoms with E-state index in [4.69, 9.17) is 23.2 Å². The Morgan fingerprint density at radius 3 is 2.42 bits per heavy atom. The number of rotatable bonds is 3. The van der Waals surface area contributed by atoms with Crippen LogP contribution in [-0.2, 0) is 0 Å². The summed E-state index contributed by atoms with van der Waals surface area (Å²) >= 11 is 15.8. The zero-order valence-corrected chi connectivity index (χ0v) is 13.8. The molecular weight excluding hydrogens is 345 g/mol. The second-order valence-electron chi connectivity index (χ2n) is 4.45. The summed E-state index contributed by atoms with van der Waals surface area (Å²) in [6.07, 6.45) is 0. The molecular formula is C15H14BrCl2N. The standard InChI is InChI=1S/C15H14BrCl2N/c1-9-5-10(7-11(16)6-9)15(19-2)13-4-3-12(17)8-14(13)18/h3-8,15,19H,1-2H3. The lowest BCUT2D eigenvalue weighted by Crippen LogP contribution is -2.18. The highest BCUT2D eigenvalue weighted by atomic mass is 79.9. The molecule has 0 heterocycles. The van der Waals surface area contributed by atoms with Crippen LogP contribution in [0.15, 0.2) is 40.9 Å². The highest BCUT2D eigenvalue weighted by molar-refractivity contribution is 9.10. The highest BCUT2D eigenvalue weighted by Gasteiger charge is 2.16. The van der Waals surface area contributed by atoms with Crippen LogP contribution in [0, 0.1) is 6.92 Å². The van der Waals surface area contributed by atoms with Crippen LogP contribution in [-0.4, -0.2) is 7.05 Å². The topological polar surface area (TPSA) is 12.0 Å². The lowest BCUT2D eigenvalue weighted by Gasteiger charge is -2.19. The molecule has 0 aromatic heterocycles. The molecule has 1 N–H and O–H groups in total. The minimum atomic E-state index is 0.0426. The van der Waals surface area contributed by atoms with E-state index in [-0.39, 0.29) is 6.04 Å². The van der Waals surface area contributed by atoms with Gasteiger partial charge in [0.15, 0.2) is 0 Å². The summed E-state index contributed by atoms with van der Waals surface area (Å²) < 4.78 is 1.06. The van der Waals surface area contributed by atoms with Crippen molar-refractivity contribution < 1.29 is 0 Å². The Morgan fingerprint density at radius 2 is 1.84 bits per heavy atom. The first-order chi connectivity index (χ1) is 9.01. The first kappa shape index (κ1) is 14.9. The molecule has 2 aromatic carbocycles. The molecule has 19 heavy (non-hydrogen) atoms. The number of nitrogens with one attached hydrogen (secondary N) is 1. The largest absolute Gasteiger partial charge is 0.309 e. The lowest BCUT2D eigenvalue weighted by molar-refractivity contribution is 0.691. The van der Waals surface area contributed by atoms with Crippen molar-refractivity contribution in [3.8, 4) is 0 Å². The van der Waals surface area contributed by atoms with Crippen molar-refractivity contribution in [2.24, 2.45) is 0 Å². The lowest BCUT2D eigenvalue weighted by atomic mass is 9.97. The third-order valence-electron chi connectivity index (χ3n) is 2.96. The molecule has 2 aromatic rings. The summed E-state index contributed by atoms with van der Waals surface area (Å²) in [6, 6.07) is 12.0. The van der Waals surface area contributed by atoms with Crippen molar-refractivity contribution in [1.29, 1.82) is 0 Å². The van der Waals surface area contributed by atoms with E-state index in [9.17, 15) is 0 Å². The van der Waals surface area contributed by atoms with Crippen LogP contribution in [0.5, 0.6) is 0 Å². The Morgan fingerprint density at radius 1 is 1.11 bits per heavy atom. The number of aryl methyl sites for hydroxylation is 1. The molecule has 100 valence electrons. The second-order valence-corrected chi connectivity index (χ2v) is 6.21. The molecule has 0 radical (unpaired) electrons. The molecule has 0 aliphatic carbocycles. The smallest absolute Gasteiger partial charge is 0.0589 e. The first-order valence-electron chi connectivity index (χ1n) is 5.90. The summed E-state index contributed by atoms with van der Waals surface area (Å²) in [4.78, 5) is 0. The molecule has 1 atom stereocenters. The summed E-state index contributed by atoms with van der Waals surface area (Å²) in [5.74, 6) is 0. The monoisotopic (exact) mass is 357 g/mol. The van der Waals surface area contributed by atoms with Crippen molar-refractivity contribution in [2.75, 3.05) is 7.05 Å². The van der Waals surface area contributed by atoms with Crippen molar-refractivity contribution >= 4 is 39.1 Å². The molecule has 0 amide bonds. The van der Waals surface area contributed by atoms with Crippen LogP contribution in [0.3, 0.4) is 0 Å². The normalized spacial score (nSPS) is 12.5. The molecule has 0 bridgehead atoms. The molecule has 2 rings (SSSR count). The van der Waals surface area contributed by atoms with Crippen molar-refractivity contribution in [3.05, 3.63) is 67.6 Å². The van der Waals surface area contributed by atoms with Crippen LogP contribution in [0.2, 0.25) is 10.0 Å². The van der Waals surface area contributed by atoms with Gasteiger partial charge < -0.3 is 5.32 Å². The molecule has 0 saturated carbocycles. The zero-order chi connectivity index (χ0) is 14.0. The maximum atomic E-state index is 6.30. The number of hydrogen-bond acceptors (Lipinski definition) is 1. The summed E-state index contributed by atoms with van der Waals surface area (Å²) in [7, 11) is 1.92. The Kier molecular flexibility index (Phi) is 4.91. The molecule has 0 aliphatic rings. The second kappa shape index (κ2) is 6.27. The maximum absolute atomic E-state index is 6.30. The van der Waals surface area contributed by atoms with Crippen LogP contribution in [0.1, 0.15) is 22.7 Å².